The average Bonchev–Trinajstić information content (AvgIpc) is 2.66. The number of nitrogens with zero attached hydrogens (tertiary/aromatic N) is 2. The number of carboxylic acids is 1. The van der Waals surface area contributed by atoms with E-state index in [0.717, 1.165) is 43.4 Å². The standard InChI is InChI=1S/C20H26N2O4/c1-2-4-18(23)21-9-3-5-16(12-21)19(24)22-10-8-14-6-7-15(20(25)26)11-17(14)13-22/h6-7,11,16H,2-5,8-10,12-13H2,1H3,(H,25,26). The van der Waals surface area contributed by atoms with Gasteiger partial charge in [0.15, 0.2) is 0 Å². The second-order valence-corrected chi connectivity index (χ2v) is 7.23. The van der Waals surface area contributed by atoms with Crippen LogP contribution >= 0.6 is 0 Å². The molecule has 1 N–H and O–H groups in total. The van der Waals surface area contributed by atoms with E-state index in [9.17, 15) is 19.5 Å². The van der Waals surface area contributed by atoms with Crippen LogP contribution in [-0.4, -0.2) is 52.3 Å². The summed E-state index contributed by atoms with van der Waals surface area (Å²) < 4.78 is 0. The van der Waals surface area contributed by atoms with Gasteiger partial charge in [-0.2, -0.15) is 0 Å². The second kappa shape index (κ2) is 7.89. The third-order valence-electron chi connectivity index (χ3n) is 5.36. The Balaban J connectivity index is 1.68. The van der Waals surface area contributed by atoms with E-state index in [0.29, 0.717) is 26.1 Å². The van der Waals surface area contributed by atoms with E-state index in [4.69, 9.17) is 0 Å². The van der Waals surface area contributed by atoms with Gasteiger partial charge in [-0.25, -0.2) is 4.79 Å². The van der Waals surface area contributed by atoms with Gasteiger partial charge in [-0.05, 0) is 48.9 Å². The molecule has 0 radical (unpaired) electrons. The van der Waals surface area contributed by atoms with Crippen LogP contribution < -0.4 is 0 Å². The highest BCUT2D eigenvalue weighted by molar-refractivity contribution is 5.88. The number of amides is 2. The Bertz CT molecular complexity index is 716. The van der Waals surface area contributed by atoms with E-state index in [1.54, 1.807) is 12.1 Å². The SMILES string of the molecule is CCCC(=O)N1CCCC(C(=O)N2CCc3ccc(C(=O)O)cc3C2)C1. The van der Waals surface area contributed by atoms with Crippen molar-refractivity contribution in [3.63, 3.8) is 0 Å². The number of piperidine rings is 1. The molecule has 6 nitrogen and oxygen atoms in total. The van der Waals surface area contributed by atoms with E-state index in [1.165, 1.54) is 0 Å². The predicted octanol–water partition coefficient (Wildman–Crippen LogP) is 2.31. The molecule has 1 aromatic rings. The lowest BCUT2D eigenvalue weighted by molar-refractivity contribution is -0.141. The van der Waals surface area contributed by atoms with Crippen LogP contribution in [0.25, 0.3) is 0 Å². The maximum absolute atomic E-state index is 13.0. The molecule has 0 saturated carbocycles. The summed E-state index contributed by atoms with van der Waals surface area (Å²) in [5.41, 5.74) is 2.29. The molecule has 0 spiro atoms. The average molecular weight is 358 g/mol. The highest BCUT2D eigenvalue weighted by Gasteiger charge is 2.32. The highest BCUT2D eigenvalue weighted by atomic mass is 16.4. The first-order chi connectivity index (χ1) is 12.5. The molecule has 1 fully saturated rings. The third-order valence-corrected chi connectivity index (χ3v) is 5.36. The molecule has 1 unspecified atom stereocenters. The number of rotatable bonds is 4. The number of hydrogen-bond acceptors (Lipinski definition) is 3. The lowest BCUT2D eigenvalue weighted by atomic mass is 9.93. The van der Waals surface area contributed by atoms with Crippen LogP contribution in [0.4, 0.5) is 0 Å². The lowest BCUT2D eigenvalue weighted by Crippen LogP contribution is -2.47. The first kappa shape index (κ1) is 18.4. The zero-order valence-electron chi connectivity index (χ0n) is 15.2. The number of aromatic carboxylic acids is 1. The topological polar surface area (TPSA) is 77.9 Å². The number of likely N-dealkylation sites (tertiary alicyclic amines) is 1. The van der Waals surface area contributed by atoms with Crippen molar-refractivity contribution in [2.24, 2.45) is 5.92 Å². The molecule has 2 aliphatic heterocycles. The van der Waals surface area contributed by atoms with E-state index >= 15 is 0 Å². The maximum Gasteiger partial charge on any atom is 0.335 e. The fourth-order valence-electron chi connectivity index (χ4n) is 3.91. The Labute approximate surface area is 153 Å². The molecule has 1 saturated heterocycles. The summed E-state index contributed by atoms with van der Waals surface area (Å²) in [6.45, 7) is 4.34. The molecule has 0 aromatic heterocycles. The Hall–Kier alpha value is -2.37. The Morgan fingerprint density at radius 3 is 2.69 bits per heavy atom. The van der Waals surface area contributed by atoms with Crippen molar-refractivity contribution < 1.29 is 19.5 Å². The van der Waals surface area contributed by atoms with Gasteiger partial charge in [0, 0.05) is 32.6 Å². The second-order valence-electron chi connectivity index (χ2n) is 7.23. The molecule has 1 atom stereocenters. The Morgan fingerprint density at radius 1 is 1.15 bits per heavy atom. The molecule has 2 aliphatic rings. The molecule has 6 heteroatoms. The molecular weight excluding hydrogens is 332 g/mol. The third kappa shape index (κ3) is 3.89. The van der Waals surface area contributed by atoms with Crippen LogP contribution in [0.5, 0.6) is 0 Å². The van der Waals surface area contributed by atoms with Crippen LogP contribution in [-0.2, 0) is 22.6 Å². The van der Waals surface area contributed by atoms with Gasteiger partial charge in [0.05, 0.1) is 11.5 Å². The van der Waals surface area contributed by atoms with Crippen molar-refractivity contribution in [1.82, 2.24) is 9.80 Å². The maximum atomic E-state index is 13.0. The number of carboxylic acid groups (broad SMARTS) is 1. The van der Waals surface area contributed by atoms with Crippen molar-refractivity contribution in [2.45, 2.75) is 45.6 Å². The van der Waals surface area contributed by atoms with Crippen molar-refractivity contribution in [3.8, 4) is 0 Å². The van der Waals surface area contributed by atoms with Gasteiger partial charge in [0.2, 0.25) is 11.8 Å². The summed E-state index contributed by atoms with van der Waals surface area (Å²) in [4.78, 5) is 40.0. The fraction of sp³-hybridized carbons (Fsp3) is 0.550. The van der Waals surface area contributed by atoms with E-state index in [-0.39, 0.29) is 23.3 Å². The molecule has 2 heterocycles. The molecule has 0 aliphatic carbocycles. The quantitative estimate of drug-likeness (QED) is 0.896. The van der Waals surface area contributed by atoms with Gasteiger partial charge < -0.3 is 14.9 Å². The van der Waals surface area contributed by atoms with Gasteiger partial charge in [0.25, 0.3) is 0 Å². The minimum atomic E-state index is -0.950. The molecule has 26 heavy (non-hydrogen) atoms. The van der Waals surface area contributed by atoms with Crippen molar-refractivity contribution in [2.75, 3.05) is 19.6 Å². The molecule has 0 bridgehead atoms. The predicted molar refractivity (Wildman–Crippen MR) is 96.7 cm³/mol. The van der Waals surface area contributed by atoms with Crippen molar-refractivity contribution in [1.29, 1.82) is 0 Å². The normalized spacial score (nSPS) is 19.8. The van der Waals surface area contributed by atoms with Gasteiger partial charge in [0.1, 0.15) is 0 Å². The number of hydrogen-bond donors (Lipinski definition) is 1. The number of benzene rings is 1. The van der Waals surface area contributed by atoms with E-state index in [1.807, 2.05) is 22.8 Å². The number of carbonyl (C=O) groups is 3. The molecule has 3 rings (SSSR count). The van der Waals surface area contributed by atoms with Gasteiger partial charge in [-0.3, -0.25) is 9.59 Å². The minimum Gasteiger partial charge on any atom is -0.478 e. The molecule has 1 aromatic carbocycles. The summed E-state index contributed by atoms with van der Waals surface area (Å²) in [5, 5.41) is 9.17. The molecule has 2 amide bonds. The summed E-state index contributed by atoms with van der Waals surface area (Å²) in [6.07, 6.45) is 3.78. The summed E-state index contributed by atoms with van der Waals surface area (Å²) in [6, 6.07) is 5.15. The highest BCUT2D eigenvalue weighted by Crippen LogP contribution is 2.25. The smallest absolute Gasteiger partial charge is 0.335 e. The van der Waals surface area contributed by atoms with E-state index in [2.05, 4.69) is 0 Å². The van der Waals surface area contributed by atoms with Crippen LogP contribution in [0, 0.1) is 5.92 Å². The fourth-order valence-corrected chi connectivity index (χ4v) is 3.91. The minimum absolute atomic E-state index is 0.0883. The van der Waals surface area contributed by atoms with Crippen LogP contribution in [0.15, 0.2) is 18.2 Å². The van der Waals surface area contributed by atoms with Crippen LogP contribution in [0.3, 0.4) is 0 Å². The van der Waals surface area contributed by atoms with Crippen LogP contribution in [0.2, 0.25) is 0 Å². The zero-order valence-corrected chi connectivity index (χ0v) is 15.2. The van der Waals surface area contributed by atoms with Crippen molar-refractivity contribution in [3.05, 3.63) is 34.9 Å². The van der Waals surface area contributed by atoms with Crippen LogP contribution in [0.1, 0.15) is 54.1 Å². The zero-order chi connectivity index (χ0) is 18.7. The summed E-state index contributed by atoms with van der Waals surface area (Å²) >= 11 is 0. The number of carbonyl (C=O) groups excluding carboxylic acids is 2. The Morgan fingerprint density at radius 2 is 1.96 bits per heavy atom. The molecule has 140 valence electrons. The number of fused-ring (bicyclic) bond motifs is 1. The monoisotopic (exact) mass is 358 g/mol. The van der Waals surface area contributed by atoms with Crippen molar-refractivity contribution >= 4 is 17.8 Å². The molecular formula is C20H26N2O4. The Kier molecular flexibility index (Phi) is 5.59. The van der Waals surface area contributed by atoms with Gasteiger partial charge >= 0.3 is 5.97 Å². The summed E-state index contributed by atoms with van der Waals surface area (Å²) in [5.74, 6) is -0.868. The first-order valence-corrected chi connectivity index (χ1v) is 9.41. The van der Waals surface area contributed by atoms with Gasteiger partial charge in [-0.15, -0.1) is 0 Å². The first-order valence-electron chi connectivity index (χ1n) is 9.41. The lowest BCUT2D eigenvalue weighted by Gasteiger charge is -2.37. The largest absolute Gasteiger partial charge is 0.478 e. The summed E-state index contributed by atoms with van der Waals surface area (Å²) in [7, 11) is 0. The van der Waals surface area contributed by atoms with E-state index < -0.39 is 5.97 Å². The van der Waals surface area contributed by atoms with Gasteiger partial charge in [-0.1, -0.05) is 13.0 Å².